The number of hydrogen-bond donors (Lipinski definition) is 0. The van der Waals surface area contributed by atoms with Gasteiger partial charge in [-0.3, -0.25) is 9.59 Å². The Kier molecular flexibility index (Phi) is 4.52. The van der Waals surface area contributed by atoms with Gasteiger partial charge in [0.2, 0.25) is 0 Å². The van der Waals surface area contributed by atoms with Gasteiger partial charge in [0.25, 0.3) is 11.5 Å². The SMILES string of the molecule is O=C(c1ccc(-c2c(Cl)cccc2Cl)o1)N1C[C@@H]2C[C@H](C1)c1cccc(=O)n1C2. The summed E-state index contributed by atoms with van der Waals surface area (Å²) in [5.74, 6) is 1.01. The van der Waals surface area contributed by atoms with Crippen LogP contribution >= 0.6 is 23.2 Å². The number of amides is 1. The Bertz CT molecular complexity index is 1150. The summed E-state index contributed by atoms with van der Waals surface area (Å²) in [6.07, 6.45) is 0.992. The first-order valence-electron chi connectivity index (χ1n) is 9.54. The molecule has 148 valence electrons. The van der Waals surface area contributed by atoms with Gasteiger partial charge in [0.1, 0.15) is 5.76 Å². The van der Waals surface area contributed by atoms with Crippen molar-refractivity contribution in [3.8, 4) is 11.3 Å². The number of aromatic nitrogens is 1. The van der Waals surface area contributed by atoms with Gasteiger partial charge in [0.15, 0.2) is 5.76 Å². The van der Waals surface area contributed by atoms with E-state index in [2.05, 4.69) is 0 Å². The third kappa shape index (κ3) is 3.18. The van der Waals surface area contributed by atoms with E-state index < -0.39 is 0 Å². The van der Waals surface area contributed by atoms with E-state index in [1.54, 1.807) is 42.5 Å². The number of furan rings is 1. The van der Waals surface area contributed by atoms with Gasteiger partial charge in [0, 0.05) is 37.3 Å². The Morgan fingerprint density at radius 3 is 2.52 bits per heavy atom. The number of rotatable bonds is 2. The number of pyridine rings is 1. The van der Waals surface area contributed by atoms with Gasteiger partial charge in [-0.15, -0.1) is 0 Å². The molecular weight excluding hydrogens is 411 g/mol. The number of carbonyl (C=O) groups excluding carboxylic acids is 1. The summed E-state index contributed by atoms with van der Waals surface area (Å²) < 4.78 is 7.69. The molecule has 3 aromatic rings. The summed E-state index contributed by atoms with van der Waals surface area (Å²) in [7, 11) is 0. The zero-order valence-corrected chi connectivity index (χ0v) is 17.0. The van der Waals surface area contributed by atoms with Gasteiger partial charge < -0.3 is 13.9 Å². The number of benzene rings is 1. The van der Waals surface area contributed by atoms with Crippen LogP contribution in [0.3, 0.4) is 0 Å². The minimum atomic E-state index is -0.152. The zero-order valence-electron chi connectivity index (χ0n) is 15.5. The molecule has 4 heterocycles. The highest BCUT2D eigenvalue weighted by Crippen LogP contribution is 2.38. The predicted octanol–water partition coefficient (Wildman–Crippen LogP) is 4.67. The van der Waals surface area contributed by atoms with E-state index in [1.807, 2.05) is 15.5 Å². The lowest BCUT2D eigenvalue weighted by atomic mass is 9.83. The lowest BCUT2D eigenvalue weighted by Gasteiger charge is -2.42. The average molecular weight is 429 g/mol. The summed E-state index contributed by atoms with van der Waals surface area (Å²) in [5.41, 5.74) is 1.62. The number of halogens is 2. The Hall–Kier alpha value is -2.50. The molecule has 5 rings (SSSR count). The molecule has 1 fully saturated rings. The Labute approximate surface area is 177 Å². The molecule has 0 saturated carbocycles. The minimum Gasteiger partial charge on any atom is -0.451 e. The molecule has 1 aromatic carbocycles. The van der Waals surface area contributed by atoms with E-state index >= 15 is 0 Å². The van der Waals surface area contributed by atoms with Crippen LogP contribution in [-0.4, -0.2) is 28.5 Å². The van der Waals surface area contributed by atoms with Gasteiger partial charge >= 0.3 is 0 Å². The number of carbonyl (C=O) groups is 1. The van der Waals surface area contributed by atoms with Gasteiger partial charge in [-0.05, 0) is 42.7 Å². The third-order valence-electron chi connectivity index (χ3n) is 5.79. The second-order valence-corrected chi connectivity index (χ2v) is 8.48. The molecule has 0 unspecified atom stereocenters. The first-order chi connectivity index (χ1) is 14.0. The highest BCUT2D eigenvalue weighted by molar-refractivity contribution is 6.39. The van der Waals surface area contributed by atoms with Crippen molar-refractivity contribution in [2.24, 2.45) is 5.92 Å². The summed E-state index contributed by atoms with van der Waals surface area (Å²) in [6, 6.07) is 14.0. The molecular formula is C22H18Cl2N2O3. The third-order valence-corrected chi connectivity index (χ3v) is 6.42. The van der Waals surface area contributed by atoms with E-state index in [9.17, 15) is 9.59 Å². The Morgan fingerprint density at radius 1 is 0.966 bits per heavy atom. The first kappa shape index (κ1) is 18.5. The lowest BCUT2D eigenvalue weighted by molar-refractivity contribution is 0.0564. The van der Waals surface area contributed by atoms with Crippen LogP contribution < -0.4 is 5.56 Å². The molecule has 2 atom stereocenters. The number of fused-ring (bicyclic) bond motifs is 4. The maximum absolute atomic E-state index is 13.1. The number of piperidine rings is 1. The molecule has 2 bridgehead atoms. The van der Waals surface area contributed by atoms with Crippen molar-refractivity contribution < 1.29 is 9.21 Å². The van der Waals surface area contributed by atoms with Crippen LogP contribution in [0.1, 0.15) is 28.6 Å². The topological polar surface area (TPSA) is 55.5 Å². The molecule has 2 aromatic heterocycles. The molecule has 2 aliphatic heterocycles. The summed E-state index contributed by atoms with van der Waals surface area (Å²) in [5, 5.41) is 0.945. The minimum absolute atomic E-state index is 0.0317. The molecule has 1 amide bonds. The Balaban J connectivity index is 1.42. The fourth-order valence-corrected chi connectivity index (χ4v) is 5.12. The monoisotopic (exact) mass is 428 g/mol. The van der Waals surface area contributed by atoms with Crippen LogP contribution in [0.5, 0.6) is 0 Å². The van der Waals surface area contributed by atoms with E-state index in [4.69, 9.17) is 27.6 Å². The molecule has 0 aliphatic carbocycles. The molecule has 29 heavy (non-hydrogen) atoms. The van der Waals surface area contributed by atoms with Crippen LogP contribution in [-0.2, 0) is 6.54 Å². The van der Waals surface area contributed by atoms with Crippen LogP contribution in [0, 0.1) is 5.92 Å². The average Bonchev–Trinajstić information content (AvgIpc) is 3.18. The lowest BCUT2D eigenvalue weighted by Crippen LogP contribution is -2.49. The first-order valence-corrected chi connectivity index (χ1v) is 10.3. The van der Waals surface area contributed by atoms with Crippen LogP contribution in [0.4, 0.5) is 0 Å². The van der Waals surface area contributed by atoms with E-state index in [1.165, 1.54) is 0 Å². The highest BCUT2D eigenvalue weighted by atomic mass is 35.5. The summed E-state index contributed by atoms with van der Waals surface area (Å²) in [4.78, 5) is 27.1. The smallest absolute Gasteiger partial charge is 0.289 e. The van der Waals surface area contributed by atoms with Crippen LogP contribution in [0.25, 0.3) is 11.3 Å². The van der Waals surface area contributed by atoms with Crippen molar-refractivity contribution in [1.29, 1.82) is 0 Å². The molecule has 5 nitrogen and oxygen atoms in total. The number of hydrogen-bond acceptors (Lipinski definition) is 3. The largest absolute Gasteiger partial charge is 0.451 e. The van der Waals surface area contributed by atoms with Crippen LogP contribution in [0.2, 0.25) is 10.0 Å². The van der Waals surface area contributed by atoms with Crippen molar-refractivity contribution in [2.45, 2.75) is 18.9 Å². The fourth-order valence-electron chi connectivity index (χ4n) is 4.54. The Morgan fingerprint density at radius 2 is 1.72 bits per heavy atom. The van der Waals surface area contributed by atoms with Gasteiger partial charge in [-0.2, -0.15) is 0 Å². The van der Waals surface area contributed by atoms with Gasteiger partial charge in [0.05, 0.1) is 15.6 Å². The van der Waals surface area contributed by atoms with Gasteiger partial charge in [-0.25, -0.2) is 0 Å². The second-order valence-electron chi connectivity index (χ2n) is 7.67. The standard InChI is InChI=1S/C22H18Cl2N2O3/c23-15-3-1-4-16(24)21(15)18-7-8-19(29-18)22(28)25-10-13-9-14(12-25)17-5-2-6-20(27)26(17)11-13/h1-8,13-14H,9-12H2/t13-,14+/m0/s1. The van der Waals surface area contributed by atoms with Crippen molar-refractivity contribution in [3.05, 3.63) is 80.4 Å². The van der Waals surface area contributed by atoms with Crippen molar-refractivity contribution in [2.75, 3.05) is 13.1 Å². The van der Waals surface area contributed by atoms with Crippen molar-refractivity contribution >= 4 is 29.1 Å². The number of likely N-dealkylation sites (tertiary alicyclic amines) is 1. The molecule has 7 heteroatoms. The highest BCUT2D eigenvalue weighted by Gasteiger charge is 2.37. The van der Waals surface area contributed by atoms with Gasteiger partial charge in [-0.1, -0.05) is 35.3 Å². The van der Waals surface area contributed by atoms with Crippen LogP contribution in [0.15, 0.2) is 57.7 Å². The quantitative estimate of drug-likeness (QED) is 0.595. The second kappa shape index (κ2) is 7.08. The summed E-state index contributed by atoms with van der Waals surface area (Å²) >= 11 is 12.5. The molecule has 1 saturated heterocycles. The molecule has 0 spiro atoms. The van der Waals surface area contributed by atoms with E-state index in [0.29, 0.717) is 41.0 Å². The van der Waals surface area contributed by atoms with E-state index in [0.717, 1.165) is 12.1 Å². The normalized spacial score (nSPS) is 20.4. The number of nitrogens with zero attached hydrogens (tertiary/aromatic N) is 2. The zero-order chi connectivity index (χ0) is 20.1. The molecule has 0 N–H and O–H groups in total. The summed E-state index contributed by atoms with van der Waals surface area (Å²) in [6.45, 7) is 1.83. The van der Waals surface area contributed by atoms with E-state index in [-0.39, 0.29) is 29.1 Å². The molecule has 2 aliphatic rings. The van der Waals surface area contributed by atoms with Crippen molar-refractivity contribution in [1.82, 2.24) is 9.47 Å². The maximum Gasteiger partial charge on any atom is 0.289 e. The van der Waals surface area contributed by atoms with Crippen molar-refractivity contribution in [3.63, 3.8) is 0 Å². The maximum atomic E-state index is 13.1. The fraction of sp³-hybridized carbons (Fsp3) is 0.273. The molecule has 0 radical (unpaired) electrons. The predicted molar refractivity (Wildman–Crippen MR) is 112 cm³/mol.